The molecule has 0 radical (unpaired) electrons. The van der Waals surface area contributed by atoms with Crippen molar-refractivity contribution in [3.8, 4) is 11.1 Å². The molecule has 0 saturated heterocycles. The molecule has 1 N–H and O–H groups in total. The Kier molecular flexibility index (Phi) is 3.62. The Hall–Kier alpha value is -4.08. The van der Waals surface area contributed by atoms with Gasteiger partial charge in [-0.3, -0.25) is 13.9 Å². The van der Waals surface area contributed by atoms with Crippen molar-refractivity contribution in [1.29, 1.82) is 0 Å². The summed E-state index contributed by atoms with van der Waals surface area (Å²) in [6.07, 6.45) is 11.5. The SMILES string of the molecule is Cn1cc(-c2ccc3nnc(C4(c5ccc6nc(NC(=O)C7CC7)cn6n5)CC4)n3c2)cn1. The molecule has 5 aromatic heterocycles. The Morgan fingerprint density at radius 3 is 2.64 bits per heavy atom. The van der Waals surface area contributed by atoms with E-state index in [0.29, 0.717) is 11.5 Å². The number of rotatable bonds is 5. The Morgan fingerprint density at radius 2 is 1.88 bits per heavy atom. The first-order valence-electron chi connectivity index (χ1n) is 11.1. The number of pyridine rings is 1. The molecule has 5 aromatic rings. The first-order valence-corrected chi connectivity index (χ1v) is 11.1. The number of anilines is 1. The van der Waals surface area contributed by atoms with E-state index < -0.39 is 0 Å². The first kappa shape index (κ1) is 18.5. The second-order valence-electron chi connectivity index (χ2n) is 9.07. The van der Waals surface area contributed by atoms with Crippen molar-refractivity contribution in [2.24, 2.45) is 13.0 Å². The number of fused-ring (bicyclic) bond motifs is 2. The third-order valence-corrected chi connectivity index (χ3v) is 6.63. The normalized spacial score (nSPS) is 17.0. The van der Waals surface area contributed by atoms with Crippen LogP contribution in [0.5, 0.6) is 0 Å². The van der Waals surface area contributed by atoms with Crippen LogP contribution in [0.4, 0.5) is 5.82 Å². The number of nitrogens with one attached hydrogen (secondary N) is 1. The summed E-state index contributed by atoms with van der Waals surface area (Å²) in [5, 5.41) is 21.0. The van der Waals surface area contributed by atoms with Crippen LogP contribution in [-0.4, -0.2) is 44.9 Å². The molecule has 164 valence electrons. The van der Waals surface area contributed by atoms with Gasteiger partial charge in [0, 0.05) is 36.5 Å². The maximum absolute atomic E-state index is 12.1. The van der Waals surface area contributed by atoms with Gasteiger partial charge >= 0.3 is 0 Å². The highest BCUT2D eigenvalue weighted by molar-refractivity contribution is 5.93. The fourth-order valence-electron chi connectivity index (χ4n) is 4.45. The van der Waals surface area contributed by atoms with Crippen molar-refractivity contribution < 1.29 is 4.79 Å². The van der Waals surface area contributed by atoms with Gasteiger partial charge < -0.3 is 5.32 Å². The van der Waals surface area contributed by atoms with Gasteiger partial charge in [0.1, 0.15) is 5.82 Å². The van der Waals surface area contributed by atoms with Gasteiger partial charge in [-0.05, 0) is 49.9 Å². The van der Waals surface area contributed by atoms with E-state index in [1.165, 1.54) is 0 Å². The van der Waals surface area contributed by atoms with Crippen molar-refractivity contribution >= 4 is 23.0 Å². The molecule has 0 aromatic carbocycles. The van der Waals surface area contributed by atoms with Crippen molar-refractivity contribution in [1.82, 2.24) is 39.0 Å². The highest BCUT2D eigenvalue weighted by atomic mass is 16.2. The molecular formula is C23H21N9O. The van der Waals surface area contributed by atoms with Crippen molar-refractivity contribution in [3.63, 3.8) is 0 Å². The zero-order valence-corrected chi connectivity index (χ0v) is 18.0. The molecule has 0 atom stereocenters. The van der Waals surface area contributed by atoms with E-state index in [4.69, 9.17) is 5.10 Å². The summed E-state index contributed by atoms with van der Waals surface area (Å²) < 4.78 is 5.60. The molecule has 2 fully saturated rings. The van der Waals surface area contributed by atoms with Gasteiger partial charge in [-0.2, -0.15) is 10.2 Å². The van der Waals surface area contributed by atoms with Crippen LogP contribution >= 0.6 is 0 Å². The molecule has 2 aliphatic carbocycles. The fraction of sp³-hybridized carbons (Fsp3) is 0.304. The molecule has 33 heavy (non-hydrogen) atoms. The molecule has 10 heteroatoms. The molecule has 0 spiro atoms. The first-order chi connectivity index (χ1) is 16.1. The van der Waals surface area contributed by atoms with Gasteiger partial charge in [-0.15, -0.1) is 10.2 Å². The van der Waals surface area contributed by atoms with Crippen molar-refractivity contribution in [3.05, 3.63) is 60.6 Å². The number of imidazole rings is 1. The molecule has 10 nitrogen and oxygen atoms in total. The summed E-state index contributed by atoms with van der Waals surface area (Å²) in [6.45, 7) is 0. The van der Waals surface area contributed by atoms with Crippen LogP contribution in [0.1, 0.15) is 37.2 Å². The number of hydrogen-bond donors (Lipinski definition) is 1. The average Bonchev–Trinajstić information content (AvgIpc) is 3.70. The van der Waals surface area contributed by atoms with E-state index in [9.17, 15) is 4.79 Å². The average molecular weight is 439 g/mol. The monoisotopic (exact) mass is 439 g/mol. The predicted octanol–water partition coefficient (Wildman–Crippen LogP) is 2.60. The van der Waals surface area contributed by atoms with Gasteiger partial charge in [0.2, 0.25) is 5.91 Å². The Bertz CT molecular complexity index is 1550. The molecule has 2 saturated carbocycles. The Morgan fingerprint density at radius 1 is 1.03 bits per heavy atom. The van der Waals surface area contributed by atoms with Crippen molar-refractivity contribution in [2.45, 2.75) is 31.1 Å². The number of carbonyl (C=O) groups excluding carboxylic acids is 1. The molecule has 5 heterocycles. The summed E-state index contributed by atoms with van der Waals surface area (Å²) in [7, 11) is 1.91. The molecule has 0 bridgehead atoms. The third kappa shape index (κ3) is 2.94. The van der Waals surface area contributed by atoms with Crippen LogP contribution in [0.3, 0.4) is 0 Å². The molecule has 0 unspecified atom stereocenters. The molecule has 7 rings (SSSR count). The molecular weight excluding hydrogens is 418 g/mol. The third-order valence-electron chi connectivity index (χ3n) is 6.63. The van der Waals surface area contributed by atoms with Gasteiger partial charge in [0.15, 0.2) is 17.1 Å². The van der Waals surface area contributed by atoms with Crippen LogP contribution < -0.4 is 5.32 Å². The largest absolute Gasteiger partial charge is 0.309 e. The minimum Gasteiger partial charge on any atom is -0.309 e. The minimum absolute atomic E-state index is 0.0386. The maximum Gasteiger partial charge on any atom is 0.228 e. The van der Waals surface area contributed by atoms with Crippen LogP contribution in [0.15, 0.2) is 49.1 Å². The lowest BCUT2D eigenvalue weighted by atomic mass is 10.0. The quantitative estimate of drug-likeness (QED) is 0.451. The highest BCUT2D eigenvalue weighted by Gasteiger charge is 2.51. The van der Waals surface area contributed by atoms with Gasteiger partial charge in [-0.1, -0.05) is 0 Å². The second kappa shape index (κ2) is 6.47. The summed E-state index contributed by atoms with van der Waals surface area (Å²) in [5.74, 6) is 1.59. The molecule has 1 amide bonds. The van der Waals surface area contributed by atoms with Crippen LogP contribution in [0, 0.1) is 5.92 Å². The highest BCUT2D eigenvalue weighted by Crippen LogP contribution is 2.52. The van der Waals surface area contributed by atoms with E-state index in [1.807, 2.05) is 43.7 Å². The van der Waals surface area contributed by atoms with Gasteiger partial charge in [0.05, 0.1) is 23.5 Å². The zero-order chi connectivity index (χ0) is 22.2. The topological polar surface area (TPSA) is 107 Å². The smallest absolute Gasteiger partial charge is 0.228 e. The lowest BCUT2D eigenvalue weighted by molar-refractivity contribution is -0.117. The van der Waals surface area contributed by atoms with E-state index in [2.05, 4.69) is 36.2 Å². The molecule has 0 aliphatic heterocycles. The van der Waals surface area contributed by atoms with Crippen LogP contribution in [-0.2, 0) is 17.3 Å². The minimum atomic E-state index is -0.289. The summed E-state index contributed by atoms with van der Waals surface area (Å²) in [4.78, 5) is 16.6. The van der Waals surface area contributed by atoms with Crippen LogP contribution in [0.25, 0.3) is 22.4 Å². The zero-order valence-electron chi connectivity index (χ0n) is 18.0. The fourth-order valence-corrected chi connectivity index (χ4v) is 4.45. The van der Waals surface area contributed by atoms with Gasteiger partial charge in [0.25, 0.3) is 0 Å². The second-order valence-corrected chi connectivity index (χ2v) is 9.07. The van der Waals surface area contributed by atoms with Gasteiger partial charge in [-0.25, -0.2) is 9.50 Å². The number of hydrogen-bond acceptors (Lipinski definition) is 6. The summed E-state index contributed by atoms with van der Waals surface area (Å²) >= 11 is 0. The Balaban J connectivity index is 1.27. The predicted molar refractivity (Wildman–Crippen MR) is 120 cm³/mol. The van der Waals surface area contributed by atoms with E-state index in [1.54, 1.807) is 15.4 Å². The van der Waals surface area contributed by atoms with E-state index in [-0.39, 0.29) is 17.2 Å². The number of nitrogens with zero attached hydrogens (tertiary/aromatic N) is 8. The standard InChI is InChI=1S/C23H21N9O/c1-30-11-16(10-24-30)15-4-6-20-27-28-22(31(20)12-15)23(8-9-23)17-5-7-19-25-18(13-32(19)29-17)26-21(33)14-2-3-14/h4-7,10-14H,2-3,8-9H2,1H3,(H,26,33). The van der Waals surface area contributed by atoms with Crippen LogP contribution in [0.2, 0.25) is 0 Å². The van der Waals surface area contributed by atoms with E-state index >= 15 is 0 Å². The lowest BCUT2D eigenvalue weighted by Gasteiger charge is -2.13. The summed E-state index contributed by atoms with van der Waals surface area (Å²) in [5.41, 5.74) is 4.24. The summed E-state index contributed by atoms with van der Waals surface area (Å²) in [6, 6.07) is 7.97. The lowest BCUT2D eigenvalue weighted by Crippen LogP contribution is -2.16. The molecule has 2 aliphatic rings. The number of aromatic nitrogens is 8. The number of carbonyl (C=O) groups is 1. The maximum atomic E-state index is 12.1. The Labute approximate surface area is 188 Å². The number of amides is 1. The van der Waals surface area contributed by atoms with E-state index in [0.717, 1.165) is 54.0 Å². The number of aryl methyl sites for hydroxylation is 1. The van der Waals surface area contributed by atoms with Crippen molar-refractivity contribution in [2.75, 3.05) is 5.32 Å².